The summed E-state index contributed by atoms with van der Waals surface area (Å²) in [5.41, 5.74) is 1.58. The first-order valence-corrected chi connectivity index (χ1v) is 10.9. The van der Waals surface area contributed by atoms with Gasteiger partial charge < -0.3 is 9.47 Å². The predicted molar refractivity (Wildman–Crippen MR) is 120 cm³/mol. The molecule has 0 unspecified atom stereocenters. The minimum atomic E-state index is -0.541. The Morgan fingerprint density at radius 2 is 1.71 bits per heavy atom. The van der Waals surface area contributed by atoms with Crippen LogP contribution in [-0.2, 0) is 14.3 Å². The highest BCUT2D eigenvalue weighted by Gasteiger charge is 2.34. The lowest BCUT2D eigenvalue weighted by Crippen LogP contribution is -2.43. The third-order valence-corrected chi connectivity index (χ3v) is 5.26. The van der Waals surface area contributed by atoms with Crippen LogP contribution in [0.25, 0.3) is 6.08 Å². The topological polar surface area (TPSA) is 79.6 Å². The molecule has 166 valence electrons. The van der Waals surface area contributed by atoms with Gasteiger partial charge in [-0.3, -0.25) is 14.5 Å². The molecule has 1 aromatic carbocycles. The van der Waals surface area contributed by atoms with Crippen molar-refractivity contribution in [2.75, 3.05) is 26.9 Å². The molecule has 0 aliphatic carbocycles. The van der Waals surface area contributed by atoms with Crippen molar-refractivity contribution in [2.24, 2.45) is 0 Å². The average molecular weight is 425 g/mol. The van der Waals surface area contributed by atoms with E-state index in [9.17, 15) is 14.9 Å². The minimum absolute atomic E-state index is 0.00583. The van der Waals surface area contributed by atoms with Crippen LogP contribution in [0.4, 0.5) is 0 Å². The fourth-order valence-corrected chi connectivity index (χ4v) is 3.42. The Morgan fingerprint density at radius 1 is 1.00 bits per heavy atom. The molecule has 0 saturated carbocycles. The van der Waals surface area contributed by atoms with Crippen molar-refractivity contribution in [3.8, 4) is 11.8 Å². The summed E-state index contributed by atoms with van der Waals surface area (Å²) in [6.45, 7) is 5.17. The first-order valence-electron chi connectivity index (χ1n) is 10.9. The van der Waals surface area contributed by atoms with Crippen LogP contribution >= 0.6 is 0 Å². The Balaban J connectivity index is 2.11. The Hall–Kier alpha value is -2.91. The number of hydrogen-bond donors (Lipinski definition) is 0. The summed E-state index contributed by atoms with van der Waals surface area (Å²) in [4.78, 5) is 26.6. The molecule has 2 amide bonds. The van der Waals surface area contributed by atoms with E-state index in [1.54, 1.807) is 20.1 Å². The largest absolute Gasteiger partial charge is 0.494 e. The van der Waals surface area contributed by atoms with Gasteiger partial charge in [-0.2, -0.15) is 5.26 Å². The monoisotopic (exact) mass is 424 g/mol. The van der Waals surface area contributed by atoms with Crippen molar-refractivity contribution in [3.05, 3.63) is 46.5 Å². The standard InChI is InChI=1S/C25H32N2O4/c1-4-5-6-7-8-16-31-21-12-10-20(11-13-21)17-22-19(2)23(18-26)25(29)27(24(22)28)14-9-15-30-3/h10-13,17H,4-9,14-16H2,1-3H3/b22-17+. The molecule has 0 bridgehead atoms. The van der Waals surface area contributed by atoms with Crippen LogP contribution in [0.1, 0.15) is 57.9 Å². The Labute approximate surface area is 185 Å². The SMILES string of the molecule is CCCCCCCOc1ccc(/C=C2/C(=O)N(CCCOC)C(=O)C(C#N)=C2C)cc1. The van der Waals surface area contributed by atoms with Crippen molar-refractivity contribution in [1.29, 1.82) is 5.26 Å². The van der Waals surface area contributed by atoms with Crippen LogP contribution < -0.4 is 4.74 Å². The molecule has 6 heteroatoms. The van der Waals surface area contributed by atoms with Crippen LogP contribution in [0.3, 0.4) is 0 Å². The number of methoxy groups -OCH3 is 1. The number of carbonyl (C=O) groups is 2. The number of hydrogen-bond acceptors (Lipinski definition) is 5. The number of nitrogens with zero attached hydrogens (tertiary/aromatic N) is 2. The van der Waals surface area contributed by atoms with Gasteiger partial charge in [0, 0.05) is 25.8 Å². The smallest absolute Gasteiger partial charge is 0.271 e. The lowest BCUT2D eigenvalue weighted by molar-refractivity contribution is -0.140. The van der Waals surface area contributed by atoms with E-state index in [0.717, 1.165) is 22.6 Å². The molecule has 0 fully saturated rings. The lowest BCUT2D eigenvalue weighted by Gasteiger charge is -2.27. The fraction of sp³-hybridized carbons (Fsp3) is 0.480. The fourth-order valence-electron chi connectivity index (χ4n) is 3.42. The molecule has 0 aromatic heterocycles. The van der Waals surface area contributed by atoms with Gasteiger partial charge in [0.2, 0.25) is 0 Å². The van der Waals surface area contributed by atoms with Crippen molar-refractivity contribution >= 4 is 17.9 Å². The third-order valence-electron chi connectivity index (χ3n) is 5.26. The van der Waals surface area contributed by atoms with Crippen LogP contribution in [0.5, 0.6) is 5.75 Å². The third kappa shape index (κ3) is 6.80. The number of ether oxygens (including phenoxy) is 2. The highest BCUT2D eigenvalue weighted by molar-refractivity contribution is 6.19. The summed E-state index contributed by atoms with van der Waals surface area (Å²) >= 11 is 0. The molecule has 1 aliphatic heterocycles. The van der Waals surface area contributed by atoms with Gasteiger partial charge in [0.1, 0.15) is 17.4 Å². The van der Waals surface area contributed by atoms with Gasteiger partial charge in [0.25, 0.3) is 11.8 Å². The van der Waals surface area contributed by atoms with E-state index in [0.29, 0.717) is 30.8 Å². The maximum atomic E-state index is 13.0. The minimum Gasteiger partial charge on any atom is -0.494 e. The number of rotatable bonds is 12. The van der Waals surface area contributed by atoms with Crippen molar-refractivity contribution in [1.82, 2.24) is 4.90 Å². The van der Waals surface area contributed by atoms with Gasteiger partial charge in [-0.25, -0.2) is 0 Å². The number of benzene rings is 1. The summed E-state index contributed by atoms with van der Waals surface area (Å²) in [5.74, 6) is -0.139. The van der Waals surface area contributed by atoms with E-state index >= 15 is 0 Å². The second-order valence-electron chi connectivity index (χ2n) is 7.61. The van der Waals surface area contributed by atoms with Crippen molar-refractivity contribution in [2.45, 2.75) is 52.4 Å². The van der Waals surface area contributed by atoms with Crippen LogP contribution in [0, 0.1) is 11.3 Å². The number of imide groups is 1. The molecule has 31 heavy (non-hydrogen) atoms. The summed E-state index contributed by atoms with van der Waals surface area (Å²) in [7, 11) is 1.57. The van der Waals surface area contributed by atoms with E-state index in [1.165, 1.54) is 25.7 Å². The molecule has 0 spiro atoms. The summed E-state index contributed by atoms with van der Waals surface area (Å²) in [5, 5.41) is 9.44. The summed E-state index contributed by atoms with van der Waals surface area (Å²) in [6, 6.07) is 9.45. The van der Waals surface area contributed by atoms with E-state index < -0.39 is 5.91 Å². The van der Waals surface area contributed by atoms with Gasteiger partial charge in [-0.1, -0.05) is 44.7 Å². The first kappa shape index (κ1) is 24.4. The maximum absolute atomic E-state index is 13.0. The summed E-state index contributed by atoms with van der Waals surface area (Å²) in [6.07, 6.45) is 8.18. The zero-order chi connectivity index (χ0) is 22.6. The molecular formula is C25H32N2O4. The quantitative estimate of drug-likeness (QED) is 0.277. The molecule has 0 radical (unpaired) electrons. The van der Waals surface area contributed by atoms with Gasteiger partial charge >= 0.3 is 0 Å². The number of amides is 2. The Bertz CT molecular complexity index is 863. The second kappa shape index (κ2) is 12.7. The predicted octanol–water partition coefficient (Wildman–Crippen LogP) is 4.66. The molecule has 2 rings (SSSR count). The van der Waals surface area contributed by atoms with Crippen LogP contribution in [0.15, 0.2) is 41.0 Å². The summed E-state index contributed by atoms with van der Waals surface area (Å²) < 4.78 is 10.8. The van der Waals surface area contributed by atoms with E-state index in [2.05, 4.69) is 6.92 Å². The molecule has 1 heterocycles. The first-order chi connectivity index (χ1) is 15.0. The van der Waals surface area contributed by atoms with E-state index in [4.69, 9.17) is 9.47 Å². The van der Waals surface area contributed by atoms with Crippen molar-refractivity contribution in [3.63, 3.8) is 0 Å². The number of carbonyl (C=O) groups excluding carboxylic acids is 2. The average Bonchev–Trinajstić information content (AvgIpc) is 2.77. The van der Waals surface area contributed by atoms with E-state index in [1.807, 2.05) is 30.3 Å². The molecule has 1 aliphatic rings. The lowest BCUT2D eigenvalue weighted by atomic mass is 9.93. The molecular weight excluding hydrogens is 392 g/mol. The Kier molecular flexibility index (Phi) is 9.99. The highest BCUT2D eigenvalue weighted by Crippen LogP contribution is 2.27. The molecule has 1 aromatic rings. The maximum Gasteiger partial charge on any atom is 0.271 e. The van der Waals surface area contributed by atoms with Crippen LogP contribution in [0.2, 0.25) is 0 Å². The molecule has 0 N–H and O–H groups in total. The van der Waals surface area contributed by atoms with Crippen molar-refractivity contribution < 1.29 is 19.1 Å². The zero-order valence-corrected chi connectivity index (χ0v) is 18.8. The molecule has 0 saturated heterocycles. The van der Waals surface area contributed by atoms with Gasteiger partial charge in [-0.15, -0.1) is 0 Å². The molecule has 6 nitrogen and oxygen atoms in total. The molecule has 0 atom stereocenters. The van der Waals surface area contributed by atoms with Gasteiger partial charge in [-0.05, 0) is 49.1 Å². The van der Waals surface area contributed by atoms with Gasteiger partial charge in [0.05, 0.1) is 6.61 Å². The normalized spacial score (nSPS) is 15.5. The van der Waals surface area contributed by atoms with Crippen LogP contribution in [-0.4, -0.2) is 43.6 Å². The Morgan fingerprint density at radius 3 is 2.35 bits per heavy atom. The van der Waals surface area contributed by atoms with Gasteiger partial charge in [0.15, 0.2) is 0 Å². The zero-order valence-electron chi connectivity index (χ0n) is 18.8. The number of nitriles is 1. The highest BCUT2D eigenvalue weighted by atomic mass is 16.5. The second-order valence-corrected chi connectivity index (χ2v) is 7.61. The van der Waals surface area contributed by atoms with E-state index in [-0.39, 0.29) is 18.0 Å². The number of unbranched alkanes of at least 4 members (excludes halogenated alkanes) is 4.